The molecule has 0 saturated carbocycles. The molecule has 0 aromatic rings. The summed E-state index contributed by atoms with van der Waals surface area (Å²) in [4.78, 5) is 23.5. The molecule has 0 bridgehead atoms. The zero-order chi connectivity index (χ0) is 30.0. The van der Waals surface area contributed by atoms with Crippen molar-refractivity contribution in [2.45, 2.75) is 91.5 Å². The third kappa shape index (κ3) is 10.9. The van der Waals surface area contributed by atoms with Crippen molar-refractivity contribution >= 4 is 11.9 Å². The molecule has 5 N–H and O–H groups in total. The van der Waals surface area contributed by atoms with Crippen LogP contribution in [0.5, 0.6) is 0 Å². The van der Waals surface area contributed by atoms with E-state index in [0.717, 1.165) is 6.42 Å². The Morgan fingerprint density at radius 1 is 1.13 bits per heavy atom. The average molecular weight is 558 g/mol. The van der Waals surface area contributed by atoms with Gasteiger partial charge < -0.3 is 40.2 Å². The van der Waals surface area contributed by atoms with E-state index in [2.05, 4.69) is 32.1 Å². The van der Waals surface area contributed by atoms with Crippen LogP contribution in [0.4, 0.5) is 0 Å². The minimum Gasteiger partial charge on any atom is -0.550 e. The molecule has 226 valence electrons. The Balaban J connectivity index is 0.000000824. The molecule has 39 heavy (non-hydrogen) atoms. The summed E-state index contributed by atoms with van der Waals surface area (Å²) in [5.41, 5.74) is 0.669. The van der Waals surface area contributed by atoms with Crippen LogP contribution < -0.4 is 5.11 Å². The highest BCUT2D eigenvalue weighted by atomic mass is 16.5. The summed E-state index contributed by atoms with van der Waals surface area (Å²) in [6, 6.07) is 0. The fourth-order valence-corrected chi connectivity index (χ4v) is 4.89. The first-order valence-corrected chi connectivity index (χ1v) is 14.0. The van der Waals surface area contributed by atoms with E-state index in [-0.39, 0.29) is 60.9 Å². The van der Waals surface area contributed by atoms with E-state index < -0.39 is 30.0 Å². The standard InChI is InChI=1S/C25H40O6.C4H12NO3/c1-6-25(4,5)24(30)31-21-12-15(2)11-17-8-7-16(3)20(23(17)21)10-9-18(26)13-19(27)14-22(28)29;1-5(2-6,3-7)4-8/h7-8,11,15-16,18-21,23,26-27H,6,9-10,12-14H2,1-5H3,(H,28,29);6-8H,2-4H2,1H3/q;+1/p-1/t15-,16-,18+,19+,20-,21-,23-;/m0./s1. The number of rotatable bonds is 13. The number of fused-ring (bicyclic) bond motifs is 1. The third-order valence-electron chi connectivity index (χ3n) is 8.09. The van der Waals surface area contributed by atoms with Crippen LogP contribution >= 0.6 is 0 Å². The number of hydrogen-bond acceptors (Lipinski definition) is 9. The van der Waals surface area contributed by atoms with E-state index in [9.17, 15) is 24.9 Å². The molecule has 0 aromatic carbocycles. The van der Waals surface area contributed by atoms with Gasteiger partial charge in [0.15, 0.2) is 20.2 Å². The van der Waals surface area contributed by atoms with Gasteiger partial charge in [-0.3, -0.25) is 9.28 Å². The minimum atomic E-state index is -1.32. The summed E-state index contributed by atoms with van der Waals surface area (Å²) in [7, 11) is 1.54. The molecule has 10 nitrogen and oxygen atoms in total. The Morgan fingerprint density at radius 3 is 2.21 bits per heavy atom. The average Bonchev–Trinajstić information content (AvgIpc) is 2.87. The quantitative estimate of drug-likeness (QED) is 0.126. The highest BCUT2D eigenvalue weighted by Crippen LogP contribution is 2.45. The molecular formula is C29H51NO9. The van der Waals surface area contributed by atoms with Gasteiger partial charge in [0, 0.05) is 18.3 Å². The normalized spacial score (nSPS) is 26.4. The van der Waals surface area contributed by atoms with Crippen LogP contribution in [0.1, 0.15) is 73.1 Å². The number of carbonyl (C=O) groups excluding carboxylic acids is 2. The van der Waals surface area contributed by atoms with Gasteiger partial charge in [0.05, 0.1) is 24.7 Å². The molecule has 0 fully saturated rings. The Labute approximate surface area is 233 Å². The molecule has 0 aliphatic heterocycles. The predicted octanol–water partition coefficient (Wildman–Crippen LogP) is 1.05. The van der Waals surface area contributed by atoms with E-state index in [1.165, 1.54) is 5.57 Å². The minimum absolute atomic E-state index is 0.0123. The number of esters is 1. The Hall–Kier alpha value is -1.82. The van der Waals surface area contributed by atoms with Gasteiger partial charge in [-0.1, -0.05) is 39.0 Å². The highest BCUT2D eigenvalue weighted by Gasteiger charge is 2.42. The molecule has 0 aromatic heterocycles. The lowest BCUT2D eigenvalue weighted by Crippen LogP contribution is -2.46. The van der Waals surface area contributed by atoms with Crippen LogP contribution in [-0.2, 0) is 14.3 Å². The Kier molecular flexibility index (Phi) is 14.3. The predicted molar refractivity (Wildman–Crippen MR) is 144 cm³/mol. The monoisotopic (exact) mass is 557 g/mol. The van der Waals surface area contributed by atoms with Gasteiger partial charge in [0.1, 0.15) is 6.10 Å². The number of quaternary nitrogens is 1. The van der Waals surface area contributed by atoms with Crippen molar-refractivity contribution in [3.05, 3.63) is 23.8 Å². The van der Waals surface area contributed by atoms with Crippen molar-refractivity contribution < 1.29 is 49.4 Å². The topological polar surface area (TPSA) is 168 Å². The SMILES string of the molecule is CCC(C)(C)C(=O)O[C@H]1C[C@@H](C)C=C2C=C[C@H](C)[C@H](CC[C@@H](O)C[C@@H](O)CC(=O)[O-])[C@H]21.C[N+](CO)(CO)CO. The molecule has 0 radical (unpaired) electrons. The van der Waals surface area contributed by atoms with E-state index in [1.807, 2.05) is 20.8 Å². The van der Waals surface area contributed by atoms with Crippen LogP contribution in [0.25, 0.3) is 0 Å². The zero-order valence-electron chi connectivity index (χ0n) is 24.5. The molecule has 0 unspecified atom stereocenters. The summed E-state index contributed by atoms with van der Waals surface area (Å²) in [6.45, 7) is 9.36. The number of nitrogens with zero attached hydrogens (tertiary/aromatic N) is 1. The fraction of sp³-hybridized carbons (Fsp3) is 0.793. The molecule has 0 saturated heterocycles. The second kappa shape index (κ2) is 15.8. The smallest absolute Gasteiger partial charge is 0.311 e. The first-order chi connectivity index (χ1) is 18.1. The molecule has 7 atom stereocenters. The van der Waals surface area contributed by atoms with Crippen molar-refractivity contribution in [1.29, 1.82) is 0 Å². The van der Waals surface area contributed by atoms with Crippen molar-refractivity contribution in [2.24, 2.45) is 29.1 Å². The Morgan fingerprint density at radius 2 is 1.72 bits per heavy atom. The van der Waals surface area contributed by atoms with Crippen LogP contribution in [0.3, 0.4) is 0 Å². The van der Waals surface area contributed by atoms with Crippen molar-refractivity contribution in [3.8, 4) is 0 Å². The van der Waals surface area contributed by atoms with E-state index in [1.54, 1.807) is 7.05 Å². The van der Waals surface area contributed by atoms with Crippen molar-refractivity contribution in [1.82, 2.24) is 0 Å². The maximum absolute atomic E-state index is 12.8. The second-order valence-corrected chi connectivity index (χ2v) is 12.2. The third-order valence-corrected chi connectivity index (χ3v) is 8.09. The van der Waals surface area contributed by atoms with Gasteiger partial charge in [-0.2, -0.15) is 0 Å². The first-order valence-electron chi connectivity index (χ1n) is 14.0. The Bertz CT molecular complexity index is 828. The number of carboxylic acid groups (broad SMARTS) is 1. The maximum atomic E-state index is 12.8. The van der Waals surface area contributed by atoms with Gasteiger partial charge in [0.25, 0.3) is 0 Å². The summed E-state index contributed by atoms with van der Waals surface area (Å²) >= 11 is 0. The molecule has 10 heteroatoms. The lowest BCUT2D eigenvalue weighted by atomic mass is 9.65. The van der Waals surface area contributed by atoms with Gasteiger partial charge in [-0.15, -0.1) is 0 Å². The number of carboxylic acids is 1. The molecule has 0 heterocycles. The summed E-state index contributed by atoms with van der Waals surface area (Å²) < 4.78 is 5.97. The molecular weight excluding hydrogens is 506 g/mol. The lowest BCUT2D eigenvalue weighted by Gasteiger charge is -2.44. The summed E-state index contributed by atoms with van der Waals surface area (Å²) in [5, 5.41) is 56.1. The number of allylic oxidation sites excluding steroid dienone is 3. The number of aliphatic hydroxyl groups is 5. The second-order valence-electron chi connectivity index (χ2n) is 12.2. The number of hydrogen-bond donors (Lipinski definition) is 5. The number of aliphatic carboxylic acids is 1. The number of ether oxygens (including phenoxy) is 1. The van der Waals surface area contributed by atoms with E-state index in [0.29, 0.717) is 25.2 Å². The molecule has 0 amide bonds. The molecule has 0 spiro atoms. The zero-order valence-corrected chi connectivity index (χ0v) is 24.5. The fourth-order valence-electron chi connectivity index (χ4n) is 4.89. The summed E-state index contributed by atoms with van der Waals surface area (Å²) in [5.74, 6) is -0.641. The first kappa shape index (κ1) is 35.2. The van der Waals surface area contributed by atoms with E-state index in [4.69, 9.17) is 20.1 Å². The van der Waals surface area contributed by atoms with Crippen LogP contribution in [0, 0.1) is 29.1 Å². The number of carbonyl (C=O) groups is 2. The van der Waals surface area contributed by atoms with Crippen LogP contribution in [0.2, 0.25) is 0 Å². The van der Waals surface area contributed by atoms with Crippen molar-refractivity contribution in [2.75, 3.05) is 27.2 Å². The molecule has 2 aliphatic carbocycles. The lowest BCUT2D eigenvalue weighted by molar-refractivity contribution is -0.959. The van der Waals surface area contributed by atoms with Gasteiger partial charge in [0.2, 0.25) is 0 Å². The molecule has 2 aliphatic rings. The van der Waals surface area contributed by atoms with Crippen molar-refractivity contribution in [3.63, 3.8) is 0 Å². The maximum Gasteiger partial charge on any atom is 0.311 e. The van der Waals surface area contributed by atoms with Gasteiger partial charge in [-0.25, -0.2) is 0 Å². The highest BCUT2D eigenvalue weighted by molar-refractivity contribution is 5.76. The largest absolute Gasteiger partial charge is 0.550 e. The van der Waals surface area contributed by atoms with Crippen LogP contribution in [-0.4, -0.2) is 87.5 Å². The van der Waals surface area contributed by atoms with Gasteiger partial charge >= 0.3 is 5.97 Å². The number of aliphatic hydroxyl groups excluding tert-OH is 5. The van der Waals surface area contributed by atoms with Gasteiger partial charge in [-0.05, 0) is 69.3 Å². The molecule has 2 rings (SSSR count). The van der Waals surface area contributed by atoms with E-state index >= 15 is 0 Å². The summed E-state index contributed by atoms with van der Waals surface area (Å²) in [6.07, 6.45) is 6.66. The van der Waals surface area contributed by atoms with Crippen LogP contribution in [0.15, 0.2) is 23.8 Å².